The fourth-order valence-corrected chi connectivity index (χ4v) is 4.04. The number of aromatic nitrogens is 1. The van der Waals surface area contributed by atoms with Crippen LogP contribution in [0, 0.1) is 11.3 Å². The first-order valence-corrected chi connectivity index (χ1v) is 10.0. The first kappa shape index (κ1) is 18.8. The number of carbonyl (C=O) groups excluding carboxylic acids is 1. The molecule has 3 aromatic rings. The lowest BCUT2D eigenvalue weighted by molar-refractivity contribution is 0.0735. The second kappa shape index (κ2) is 7.71. The molecule has 0 saturated heterocycles. The van der Waals surface area contributed by atoms with Crippen molar-refractivity contribution in [1.29, 1.82) is 5.26 Å². The van der Waals surface area contributed by atoms with E-state index in [1.54, 1.807) is 18.2 Å². The summed E-state index contributed by atoms with van der Waals surface area (Å²) >= 11 is 1.28. The monoisotopic (exact) mass is 402 g/mol. The maximum absolute atomic E-state index is 12.3. The lowest BCUT2D eigenvalue weighted by Gasteiger charge is -2.07. The number of hydrogen-bond acceptors (Lipinski definition) is 8. The van der Waals surface area contributed by atoms with Gasteiger partial charge in [0, 0.05) is 19.0 Å². The summed E-state index contributed by atoms with van der Waals surface area (Å²) in [6.45, 7) is 0.0210. The molecule has 8 nitrogen and oxygen atoms in total. The van der Waals surface area contributed by atoms with Gasteiger partial charge in [-0.2, -0.15) is 5.26 Å². The number of nitrogens with one attached hydrogen (secondary N) is 1. The minimum atomic E-state index is -3.73. The Bertz CT molecular complexity index is 1130. The lowest BCUT2D eigenvalue weighted by Crippen LogP contribution is -2.24. The summed E-state index contributed by atoms with van der Waals surface area (Å²) in [6.07, 6.45) is 0.0688. The van der Waals surface area contributed by atoms with Crippen molar-refractivity contribution >= 4 is 42.7 Å². The lowest BCUT2D eigenvalue weighted by atomic mass is 10.2. The molecule has 3 rings (SSSR count). The first-order valence-electron chi connectivity index (χ1n) is 7.74. The molecule has 2 aromatic carbocycles. The largest absolute Gasteiger partial charge is 0.423 e. The van der Waals surface area contributed by atoms with Crippen molar-refractivity contribution in [3.8, 4) is 11.8 Å². The van der Waals surface area contributed by atoms with Crippen molar-refractivity contribution in [3.05, 3.63) is 48.0 Å². The normalized spacial score (nSPS) is 11.2. The molecule has 0 unspecified atom stereocenters. The zero-order chi connectivity index (χ0) is 19.4. The molecular formula is C17H14N4O4S2. The molecule has 0 bridgehead atoms. The Morgan fingerprint density at radius 2 is 2.00 bits per heavy atom. The van der Waals surface area contributed by atoms with Gasteiger partial charge in [-0.25, -0.2) is 22.9 Å². The number of benzene rings is 2. The fourth-order valence-electron chi connectivity index (χ4n) is 2.25. The van der Waals surface area contributed by atoms with Crippen molar-refractivity contribution in [2.45, 2.75) is 11.3 Å². The third-order valence-electron chi connectivity index (χ3n) is 3.52. The quantitative estimate of drug-likeness (QED) is 0.367. The molecule has 0 spiro atoms. The number of esters is 1. The van der Waals surface area contributed by atoms with E-state index in [9.17, 15) is 13.2 Å². The van der Waals surface area contributed by atoms with Gasteiger partial charge in [-0.15, -0.1) is 0 Å². The Hall–Kier alpha value is -3.00. The van der Waals surface area contributed by atoms with Crippen molar-refractivity contribution in [2.24, 2.45) is 0 Å². The van der Waals surface area contributed by atoms with Gasteiger partial charge >= 0.3 is 5.97 Å². The summed E-state index contributed by atoms with van der Waals surface area (Å²) in [7, 11) is -3.73. The topological polar surface area (TPSA) is 135 Å². The summed E-state index contributed by atoms with van der Waals surface area (Å²) in [5.74, 6) is -0.278. The molecule has 27 heavy (non-hydrogen) atoms. The number of nitrogen functional groups attached to an aromatic ring is 1. The highest BCUT2D eigenvalue weighted by Crippen LogP contribution is 2.28. The number of sulfonamides is 1. The molecular weight excluding hydrogens is 388 g/mol. The number of nitrogens with two attached hydrogens (primary N) is 1. The smallest absolute Gasteiger partial charge is 0.343 e. The van der Waals surface area contributed by atoms with E-state index in [0.29, 0.717) is 10.9 Å². The molecule has 0 aliphatic carbocycles. The zero-order valence-electron chi connectivity index (χ0n) is 13.9. The van der Waals surface area contributed by atoms with Gasteiger partial charge in [-0.05, 0) is 36.4 Å². The predicted octanol–water partition coefficient (Wildman–Crippen LogP) is 2.29. The van der Waals surface area contributed by atoms with Gasteiger partial charge in [0.1, 0.15) is 5.75 Å². The van der Waals surface area contributed by atoms with Crippen molar-refractivity contribution in [3.63, 3.8) is 0 Å². The van der Waals surface area contributed by atoms with E-state index < -0.39 is 16.0 Å². The van der Waals surface area contributed by atoms with Crippen LogP contribution in [0.2, 0.25) is 0 Å². The first-order chi connectivity index (χ1) is 12.9. The molecule has 3 N–H and O–H groups in total. The Labute approximate surface area is 159 Å². The van der Waals surface area contributed by atoms with Gasteiger partial charge in [0.15, 0.2) is 5.13 Å². The highest BCUT2D eigenvalue weighted by molar-refractivity contribution is 7.89. The third-order valence-corrected chi connectivity index (χ3v) is 5.84. The summed E-state index contributed by atoms with van der Waals surface area (Å²) in [4.78, 5) is 16.4. The number of ether oxygens (including phenoxy) is 1. The average molecular weight is 402 g/mol. The summed E-state index contributed by atoms with van der Waals surface area (Å²) in [6, 6.07) is 12.2. The number of nitriles is 1. The standard InChI is InChI=1S/C17H14N4O4S2/c18-8-1-9-20-27(23,24)13-5-2-11(3-6-13)16(22)25-12-4-7-14-15(10-12)26-17(19)21-14/h2-7,10,20H,1,9H2,(H2,19,21). The van der Waals surface area contributed by atoms with E-state index in [1.165, 1.54) is 35.6 Å². The minimum Gasteiger partial charge on any atom is -0.423 e. The molecule has 0 fully saturated rings. The molecule has 0 atom stereocenters. The molecule has 0 saturated carbocycles. The minimum absolute atomic E-state index is 0.00135. The van der Waals surface area contributed by atoms with Crippen LogP contribution in [0.4, 0.5) is 5.13 Å². The number of anilines is 1. The van der Waals surface area contributed by atoms with Crippen molar-refractivity contribution in [2.75, 3.05) is 12.3 Å². The molecule has 1 aromatic heterocycles. The van der Waals surface area contributed by atoms with E-state index >= 15 is 0 Å². The summed E-state index contributed by atoms with van der Waals surface area (Å²) in [5.41, 5.74) is 6.57. The second-order valence-electron chi connectivity index (χ2n) is 5.40. The SMILES string of the molecule is N#CCCNS(=O)(=O)c1ccc(C(=O)Oc2ccc3nc(N)sc3c2)cc1. The number of fused-ring (bicyclic) bond motifs is 1. The molecule has 0 radical (unpaired) electrons. The van der Waals surface area contributed by atoms with Crippen LogP contribution in [0.5, 0.6) is 5.75 Å². The predicted molar refractivity (Wildman–Crippen MR) is 101 cm³/mol. The van der Waals surface area contributed by atoms with Gasteiger partial charge in [0.25, 0.3) is 0 Å². The Balaban J connectivity index is 1.72. The summed E-state index contributed by atoms with van der Waals surface area (Å²) in [5, 5.41) is 8.89. The van der Waals surface area contributed by atoms with Crippen molar-refractivity contribution < 1.29 is 17.9 Å². The number of nitrogens with zero attached hydrogens (tertiary/aromatic N) is 2. The van der Waals surface area contributed by atoms with Crippen LogP contribution in [0.25, 0.3) is 10.2 Å². The Morgan fingerprint density at radius 1 is 1.26 bits per heavy atom. The summed E-state index contributed by atoms with van der Waals surface area (Å²) < 4.78 is 32.5. The Kier molecular flexibility index (Phi) is 5.36. The molecule has 0 amide bonds. The van der Waals surface area contributed by atoms with Gasteiger partial charge in [0.05, 0.1) is 26.7 Å². The zero-order valence-corrected chi connectivity index (χ0v) is 15.5. The molecule has 138 valence electrons. The van der Waals surface area contributed by atoms with Crippen LogP contribution in [0.3, 0.4) is 0 Å². The highest BCUT2D eigenvalue weighted by Gasteiger charge is 2.15. The third kappa shape index (κ3) is 4.40. The van der Waals surface area contributed by atoms with Gasteiger partial charge < -0.3 is 10.5 Å². The average Bonchev–Trinajstić information content (AvgIpc) is 3.01. The maximum Gasteiger partial charge on any atom is 0.343 e. The molecule has 1 heterocycles. The van der Waals surface area contributed by atoms with Crippen LogP contribution >= 0.6 is 11.3 Å². The number of thiazole rings is 1. The van der Waals surface area contributed by atoms with E-state index in [-0.39, 0.29) is 23.4 Å². The van der Waals surface area contributed by atoms with Crippen molar-refractivity contribution in [1.82, 2.24) is 9.71 Å². The molecule has 0 aliphatic rings. The number of hydrogen-bond donors (Lipinski definition) is 2. The fraction of sp³-hybridized carbons (Fsp3) is 0.118. The van der Waals surface area contributed by atoms with Crippen LogP contribution in [0.1, 0.15) is 16.8 Å². The van der Waals surface area contributed by atoms with Gasteiger partial charge in [-0.1, -0.05) is 11.3 Å². The molecule has 10 heteroatoms. The number of carbonyl (C=O) groups is 1. The van der Waals surface area contributed by atoms with Crippen LogP contribution in [0.15, 0.2) is 47.4 Å². The van der Waals surface area contributed by atoms with Crippen LogP contribution in [-0.2, 0) is 10.0 Å². The Morgan fingerprint density at radius 3 is 2.70 bits per heavy atom. The maximum atomic E-state index is 12.3. The van der Waals surface area contributed by atoms with E-state index in [0.717, 1.165) is 10.2 Å². The van der Waals surface area contributed by atoms with Crippen LogP contribution < -0.4 is 15.2 Å². The molecule has 0 aliphatic heterocycles. The van der Waals surface area contributed by atoms with Crippen LogP contribution in [-0.4, -0.2) is 25.9 Å². The van der Waals surface area contributed by atoms with E-state index in [2.05, 4.69) is 9.71 Å². The second-order valence-corrected chi connectivity index (χ2v) is 8.23. The van der Waals surface area contributed by atoms with Gasteiger partial charge in [-0.3, -0.25) is 0 Å². The van der Waals surface area contributed by atoms with E-state index in [1.807, 2.05) is 6.07 Å². The number of rotatable bonds is 6. The highest BCUT2D eigenvalue weighted by atomic mass is 32.2. The van der Waals surface area contributed by atoms with E-state index in [4.69, 9.17) is 15.7 Å². The van der Waals surface area contributed by atoms with Gasteiger partial charge in [0.2, 0.25) is 10.0 Å².